The molecule has 0 amide bonds. The number of carbonyl (C=O) groups excluding carboxylic acids is 1. The molecule has 0 N–H and O–H groups in total. The Balaban J connectivity index is 1.88. The molecule has 0 saturated carbocycles. The second-order valence-corrected chi connectivity index (χ2v) is 9.19. The molecule has 4 aromatic rings. The number of ether oxygens (including phenoxy) is 2. The molecule has 2 aromatic heterocycles. The zero-order chi connectivity index (χ0) is 27.1. The zero-order valence-corrected chi connectivity index (χ0v) is 20.4. The molecular formula is C27H23F5N2O3. The Bertz CT molecular complexity index is 1510. The number of benzene rings is 2. The van der Waals surface area contributed by atoms with Crippen LogP contribution in [0.2, 0.25) is 0 Å². The van der Waals surface area contributed by atoms with E-state index < -0.39 is 41.4 Å². The van der Waals surface area contributed by atoms with Gasteiger partial charge in [-0.3, -0.25) is 4.79 Å². The summed E-state index contributed by atoms with van der Waals surface area (Å²) in [5.41, 5.74) is -1.86. The molecule has 2 heterocycles. The van der Waals surface area contributed by atoms with E-state index in [-0.39, 0.29) is 39.1 Å². The predicted molar refractivity (Wildman–Crippen MR) is 128 cm³/mol. The smallest absolute Gasteiger partial charge is 0.316 e. The van der Waals surface area contributed by atoms with Crippen molar-refractivity contribution in [3.05, 3.63) is 65.2 Å². The first-order valence-electron chi connectivity index (χ1n) is 11.4. The van der Waals surface area contributed by atoms with Gasteiger partial charge in [-0.05, 0) is 57.0 Å². The molecule has 10 heteroatoms. The topological polar surface area (TPSA) is 61.3 Å². The molecule has 0 atom stereocenters. The number of pyridine rings is 2. The second kappa shape index (κ2) is 9.91. The summed E-state index contributed by atoms with van der Waals surface area (Å²) < 4.78 is 79.9. The largest absolute Gasteiger partial charge is 0.456 e. The summed E-state index contributed by atoms with van der Waals surface area (Å²) in [6.45, 7) is 6.73. The van der Waals surface area contributed by atoms with Gasteiger partial charge in [0.1, 0.15) is 40.0 Å². The van der Waals surface area contributed by atoms with Crippen molar-refractivity contribution in [1.82, 2.24) is 9.97 Å². The Morgan fingerprint density at radius 2 is 1.57 bits per heavy atom. The summed E-state index contributed by atoms with van der Waals surface area (Å²) >= 11 is 0. The number of fused-ring (bicyclic) bond motifs is 2. The van der Waals surface area contributed by atoms with E-state index in [2.05, 4.69) is 9.97 Å². The fraction of sp³-hybridized carbons (Fsp3) is 0.296. The molecule has 5 nitrogen and oxygen atoms in total. The fourth-order valence-electron chi connectivity index (χ4n) is 3.55. The van der Waals surface area contributed by atoms with E-state index in [1.807, 2.05) is 0 Å². The van der Waals surface area contributed by atoms with Crippen LogP contribution < -0.4 is 9.47 Å². The average Bonchev–Trinajstić information content (AvgIpc) is 2.84. The first kappa shape index (κ1) is 26.2. The number of aryl methyl sites for hydroxylation is 1. The molecule has 0 spiro atoms. The normalized spacial score (nSPS) is 12.1. The summed E-state index contributed by atoms with van der Waals surface area (Å²) in [5, 5.41) is 0.357. The second-order valence-electron chi connectivity index (χ2n) is 9.19. The number of aromatic nitrogens is 2. The molecular weight excluding hydrogens is 495 g/mol. The molecule has 0 aliphatic rings. The molecule has 0 fully saturated rings. The first-order valence-corrected chi connectivity index (χ1v) is 11.4. The van der Waals surface area contributed by atoms with Crippen molar-refractivity contribution < 1.29 is 36.2 Å². The van der Waals surface area contributed by atoms with Crippen LogP contribution in [0.15, 0.2) is 42.5 Å². The third-order valence-electron chi connectivity index (χ3n) is 6.17. The molecule has 0 radical (unpaired) electrons. The molecule has 0 aliphatic heterocycles. The SMILES string of the molecule is CCC(C)(C)C(=O)Oc1cc(C(F)F)nc2cc(C)c(Oc3cc(C(F)F)nc4c(F)cccc34)cc12. The number of hydrogen-bond donors (Lipinski definition) is 0. The van der Waals surface area contributed by atoms with Crippen LogP contribution in [0.5, 0.6) is 17.2 Å². The van der Waals surface area contributed by atoms with Crippen molar-refractivity contribution >= 4 is 27.8 Å². The number of rotatable bonds is 7. The Hall–Kier alpha value is -3.82. The van der Waals surface area contributed by atoms with E-state index in [0.29, 0.717) is 12.0 Å². The van der Waals surface area contributed by atoms with Gasteiger partial charge in [-0.2, -0.15) is 0 Å². The quantitative estimate of drug-likeness (QED) is 0.182. The van der Waals surface area contributed by atoms with E-state index in [4.69, 9.17) is 9.47 Å². The lowest BCUT2D eigenvalue weighted by Crippen LogP contribution is -2.28. The van der Waals surface area contributed by atoms with E-state index >= 15 is 0 Å². The van der Waals surface area contributed by atoms with Crippen LogP contribution in [0.4, 0.5) is 22.0 Å². The van der Waals surface area contributed by atoms with Crippen LogP contribution in [-0.4, -0.2) is 15.9 Å². The lowest BCUT2D eigenvalue weighted by atomic mass is 9.91. The molecule has 4 rings (SSSR count). The number of para-hydroxylation sites is 1. The molecule has 37 heavy (non-hydrogen) atoms. The number of alkyl halides is 4. The van der Waals surface area contributed by atoms with Gasteiger partial charge in [-0.25, -0.2) is 31.9 Å². The van der Waals surface area contributed by atoms with Crippen molar-refractivity contribution in [2.75, 3.05) is 0 Å². The first-order chi connectivity index (χ1) is 17.4. The Kier molecular flexibility index (Phi) is 7.03. The number of hydrogen-bond acceptors (Lipinski definition) is 5. The van der Waals surface area contributed by atoms with E-state index in [1.54, 1.807) is 27.7 Å². The fourth-order valence-corrected chi connectivity index (χ4v) is 3.55. The van der Waals surface area contributed by atoms with Gasteiger partial charge < -0.3 is 9.47 Å². The minimum absolute atomic E-state index is 0.0786. The highest BCUT2D eigenvalue weighted by molar-refractivity contribution is 5.91. The Labute approximate surface area is 209 Å². The number of esters is 1. The Morgan fingerprint density at radius 3 is 2.22 bits per heavy atom. The predicted octanol–water partition coefficient (Wildman–Crippen LogP) is 8.24. The highest BCUT2D eigenvalue weighted by atomic mass is 19.3. The van der Waals surface area contributed by atoms with Crippen LogP contribution in [-0.2, 0) is 4.79 Å². The summed E-state index contributed by atoms with van der Waals surface area (Å²) in [4.78, 5) is 20.4. The third-order valence-corrected chi connectivity index (χ3v) is 6.17. The lowest BCUT2D eigenvalue weighted by molar-refractivity contribution is -0.144. The van der Waals surface area contributed by atoms with Crippen molar-refractivity contribution in [1.29, 1.82) is 0 Å². The monoisotopic (exact) mass is 518 g/mol. The lowest BCUT2D eigenvalue weighted by Gasteiger charge is -2.21. The van der Waals surface area contributed by atoms with Gasteiger partial charge in [0.2, 0.25) is 0 Å². The summed E-state index contributed by atoms with van der Waals surface area (Å²) in [6, 6.07) is 8.84. The number of halogens is 5. The number of carbonyl (C=O) groups is 1. The van der Waals surface area contributed by atoms with Gasteiger partial charge in [0, 0.05) is 22.9 Å². The van der Waals surface area contributed by atoms with Crippen LogP contribution >= 0.6 is 0 Å². The maximum Gasteiger partial charge on any atom is 0.316 e. The molecule has 0 unspecified atom stereocenters. The van der Waals surface area contributed by atoms with Crippen molar-refractivity contribution in [2.45, 2.75) is 47.0 Å². The highest BCUT2D eigenvalue weighted by Crippen LogP contribution is 2.39. The van der Waals surface area contributed by atoms with Gasteiger partial charge >= 0.3 is 5.97 Å². The summed E-state index contributed by atoms with van der Waals surface area (Å²) in [5.74, 6) is -1.50. The zero-order valence-electron chi connectivity index (χ0n) is 20.4. The minimum Gasteiger partial charge on any atom is -0.456 e. The van der Waals surface area contributed by atoms with Crippen molar-refractivity contribution in [3.63, 3.8) is 0 Å². The van der Waals surface area contributed by atoms with Gasteiger partial charge in [0.05, 0.1) is 10.9 Å². The molecule has 0 aliphatic carbocycles. The molecule has 2 aromatic carbocycles. The molecule has 194 valence electrons. The third kappa shape index (κ3) is 5.19. The molecule has 0 saturated heterocycles. The van der Waals surface area contributed by atoms with Crippen molar-refractivity contribution in [2.24, 2.45) is 5.41 Å². The summed E-state index contributed by atoms with van der Waals surface area (Å²) in [7, 11) is 0. The van der Waals surface area contributed by atoms with Crippen molar-refractivity contribution in [3.8, 4) is 17.2 Å². The van der Waals surface area contributed by atoms with Crippen LogP contribution in [0, 0.1) is 18.2 Å². The van der Waals surface area contributed by atoms with Crippen LogP contribution in [0.3, 0.4) is 0 Å². The van der Waals surface area contributed by atoms with Gasteiger partial charge in [-0.1, -0.05) is 13.0 Å². The van der Waals surface area contributed by atoms with E-state index in [9.17, 15) is 26.7 Å². The van der Waals surface area contributed by atoms with Crippen LogP contribution in [0.1, 0.15) is 57.0 Å². The average molecular weight is 518 g/mol. The number of nitrogens with zero attached hydrogens (tertiary/aromatic N) is 2. The van der Waals surface area contributed by atoms with Crippen LogP contribution in [0.25, 0.3) is 21.8 Å². The van der Waals surface area contributed by atoms with E-state index in [1.165, 1.54) is 24.3 Å². The van der Waals surface area contributed by atoms with Gasteiger partial charge in [0.15, 0.2) is 0 Å². The molecule has 0 bridgehead atoms. The maximum atomic E-state index is 14.4. The van der Waals surface area contributed by atoms with Gasteiger partial charge in [-0.15, -0.1) is 0 Å². The van der Waals surface area contributed by atoms with E-state index in [0.717, 1.165) is 18.2 Å². The summed E-state index contributed by atoms with van der Waals surface area (Å²) in [6.07, 6.45) is -5.44. The standard InChI is InChI=1S/C27H23F5N2O3/c1-5-27(3,4)26(35)37-22-11-18(24(29)30)33-17-9-13(2)20(10-15(17)22)36-21-12-19(25(31)32)34-23-14(21)7-6-8-16(23)28/h6-12,24-25H,5H2,1-4H3. The van der Waals surface area contributed by atoms with Gasteiger partial charge in [0.25, 0.3) is 12.9 Å². The highest BCUT2D eigenvalue weighted by Gasteiger charge is 2.29. The minimum atomic E-state index is -2.98. The maximum absolute atomic E-state index is 14.4. The Morgan fingerprint density at radius 1 is 0.919 bits per heavy atom.